The largest absolute Gasteiger partial charge is 0.354 e. The van der Waals surface area contributed by atoms with Crippen LogP contribution in [0.3, 0.4) is 0 Å². The minimum absolute atomic E-state index is 0.0969. The summed E-state index contributed by atoms with van der Waals surface area (Å²) in [7, 11) is 2.18. The lowest BCUT2D eigenvalue weighted by atomic mass is 9.67. The molecular weight excluding hydrogens is 264 g/mol. The second-order valence-electron chi connectivity index (χ2n) is 7.13. The molecular formula is C16H30N4O. The standard InChI is InChI=1S/C16H30N4O/c1-19-8-10-20(11-9-19)7-6-18-15(21)16-5-3-2-4-14(16)12-17-13-16/h14,17H,2-13H2,1H3,(H,18,21)/t14-,16+/m0/s1. The third-order valence-corrected chi connectivity index (χ3v) is 5.80. The van der Waals surface area contributed by atoms with E-state index in [2.05, 4.69) is 27.5 Å². The van der Waals surface area contributed by atoms with Gasteiger partial charge >= 0.3 is 0 Å². The van der Waals surface area contributed by atoms with E-state index in [1.165, 1.54) is 19.3 Å². The predicted molar refractivity (Wildman–Crippen MR) is 84.2 cm³/mol. The van der Waals surface area contributed by atoms with Crippen LogP contribution in [0.2, 0.25) is 0 Å². The van der Waals surface area contributed by atoms with Gasteiger partial charge in [0.1, 0.15) is 0 Å². The number of hydrogen-bond donors (Lipinski definition) is 2. The highest BCUT2D eigenvalue weighted by Crippen LogP contribution is 2.43. The van der Waals surface area contributed by atoms with E-state index in [-0.39, 0.29) is 5.41 Å². The highest BCUT2D eigenvalue weighted by molar-refractivity contribution is 5.83. The first kappa shape index (κ1) is 15.3. The van der Waals surface area contributed by atoms with Crippen LogP contribution < -0.4 is 10.6 Å². The molecule has 3 fully saturated rings. The number of carbonyl (C=O) groups excluding carboxylic acids is 1. The Labute approximate surface area is 128 Å². The number of piperazine rings is 1. The van der Waals surface area contributed by atoms with Crippen LogP contribution in [0.5, 0.6) is 0 Å². The smallest absolute Gasteiger partial charge is 0.227 e. The molecule has 21 heavy (non-hydrogen) atoms. The van der Waals surface area contributed by atoms with Crippen LogP contribution in [0.1, 0.15) is 25.7 Å². The number of nitrogens with zero attached hydrogens (tertiary/aromatic N) is 2. The summed E-state index contributed by atoms with van der Waals surface area (Å²) in [4.78, 5) is 17.5. The van der Waals surface area contributed by atoms with Gasteiger partial charge < -0.3 is 15.5 Å². The Kier molecular flexibility index (Phi) is 4.82. The quantitative estimate of drug-likeness (QED) is 0.774. The van der Waals surface area contributed by atoms with Gasteiger partial charge in [0.05, 0.1) is 5.41 Å². The molecule has 2 aliphatic heterocycles. The van der Waals surface area contributed by atoms with Gasteiger partial charge in [0.25, 0.3) is 0 Å². The summed E-state index contributed by atoms with van der Waals surface area (Å²) >= 11 is 0. The van der Waals surface area contributed by atoms with Crippen LogP contribution in [0.15, 0.2) is 0 Å². The van der Waals surface area contributed by atoms with Gasteiger partial charge in [-0.2, -0.15) is 0 Å². The highest BCUT2D eigenvalue weighted by Gasteiger charge is 2.49. The second kappa shape index (κ2) is 6.63. The van der Waals surface area contributed by atoms with Crippen LogP contribution in [-0.2, 0) is 4.79 Å². The van der Waals surface area contributed by atoms with Crippen LogP contribution in [0.4, 0.5) is 0 Å². The molecule has 2 N–H and O–H groups in total. The first-order valence-electron chi connectivity index (χ1n) is 8.61. The Balaban J connectivity index is 1.45. The summed E-state index contributed by atoms with van der Waals surface area (Å²) in [6.07, 6.45) is 4.80. The van der Waals surface area contributed by atoms with E-state index in [0.29, 0.717) is 11.8 Å². The second-order valence-corrected chi connectivity index (χ2v) is 7.13. The topological polar surface area (TPSA) is 47.6 Å². The number of carbonyl (C=O) groups is 1. The summed E-state index contributed by atoms with van der Waals surface area (Å²) < 4.78 is 0. The minimum Gasteiger partial charge on any atom is -0.354 e. The zero-order valence-electron chi connectivity index (χ0n) is 13.4. The van der Waals surface area contributed by atoms with E-state index in [1.807, 2.05) is 0 Å². The van der Waals surface area contributed by atoms with E-state index in [4.69, 9.17) is 0 Å². The van der Waals surface area contributed by atoms with Crippen molar-refractivity contribution >= 4 is 5.91 Å². The molecule has 5 heteroatoms. The van der Waals surface area contributed by atoms with Gasteiger partial charge in [-0.05, 0) is 32.4 Å². The number of amides is 1. The maximum atomic E-state index is 12.7. The van der Waals surface area contributed by atoms with E-state index in [9.17, 15) is 4.79 Å². The number of likely N-dealkylation sites (N-methyl/N-ethyl adjacent to an activating group) is 1. The number of hydrogen-bond acceptors (Lipinski definition) is 4. The summed E-state index contributed by atoms with van der Waals surface area (Å²) in [6.45, 7) is 8.26. The zero-order chi connectivity index (χ0) is 14.7. The molecule has 0 bridgehead atoms. The molecule has 1 amide bonds. The van der Waals surface area contributed by atoms with E-state index in [0.717, 1.165) is 58.8 Å². The molecule has 0 aromatic carbocycles. The van der Waals surface area contributed by atoms with Crippen molar-refractivity contribution in [2.75, 3.05) is 59.4 Å². The van der Waals surface area contributed by atoms with Crippen LogP contribution >= 0.6 is 0 Å². The summed E-state index contributed by atoms with van der Waals surface area (Å²) in [6, 6.07) is 0. The van der Waals surface area contributed by atoms with Crippen LogP contribution in [0.25, 0.3) is 0 Å². The lowest BCUT2D eigenvalue weighted by molar-refractivity contribution is -0.134. The first-order valence-corrected chi connectivity index (χ1v) is 8.61. The Bertz CT molecular complexity index is 367. The summed E-state index contributed by atoms with van der Waals surface area (Å²) in [5.41, 5.74) is -0.0969. The number of rotatable bonds is 4. The molecule has 0 radical (unpaired) electrons. The summed E-state index contributed by atoms with van der Waals surface area (Å²) in [5, 5.41) is 6.69. The van der Waals surface area contributed by atoms with Gasteiger partial charge in [0.2, 0.25) is 5.91 Å². The molecule has 3 rings (SSSR count). The molecule has 3 aliphatic rings. The molecule has 0 spiro atoms. The monoisotopic (exact) mass is 294 g/mol. The van der Waals surface area contributed by atoms with Gasteiger partial charge in [-0.15, -0.1) is 0 Å². The molecule has 0 aromatic rings. The lowest BCUT2D eigenvalue weighted by Gasteiger charge is -2.37. The molecule has 0 aromatic heterocycles. The van der Waals surface area contributed by atoms with Crippen molar-refractivity contribution < 1.29 is 4.79 Å². The average molecular weight is 294 g/mol. The van der Waals surface area contributed by atoms with Crippen molar-refractivity contribution in [3.05, 3.63) is 0 Å². The van der Waals surface area contributed by atoms with Gasteiger partial charge in [-0.3, -0.25) is 9.69 Å². The van der Waals surface area contributed by atoms with Crippen molar-refractivity contribution in [3.8, 4) is 0 Å². The third-order valence-electron chi connectivity index (χ3n) is 5.80. The fourth-order valence-electron chi connectivity index (χ4n) is 4.27. The lowest BCUT2D eigenvalue weighted by Crippen LogP contribution is -2.51. The van der Waals surface area contributed by atoms with Gasteiger partial charge in [0.15, 0.2) is 0 Å². The van der Waals surface area contributed by atoms with Crippen molar-refractivity contribution in [1.82, 2.24) is 20.4 Å². The van der Waals surface area contributed by atoms with E-state index in [1.54, 1.807) is 0 Å². The average Bonchev–Trinajstić information content (AvgIpc) is 2.94. The fourth-order valence-corrected chi connectivity index (χ4v) is 4.27. The fraction of sp³-hybridized carbons (Fsp3) is 0.938. The van der Waals surface area contributed by atoms with Crippen molar-refractivity contribution in [2.24, 2.45) is 11.3 Å². The van der Waals surface area contributed by atoms with Crippen LogP contribution in [0, 0.1) is 11.3 Å². The first-order chi connectivity index (χ1) is 10.2. The van der Waals surface area contributed by atoms with E-state index >= 15 is 0 Å². The Morgan fingerprint density at radius 1 is 1.29 bits per heavy atom. The zero-order valence-corrected chi connectivity index (χ0v) is 13.4. The highest BCUT2D eigenvalue weighted by atomic mass is 16.2. The van der Waals surface area contributed by atoms with Crippen molar-refractivity contribution in [1.29, 1.82) is 0 Å². The van der Waals surface area contributed by atoms with Gasteiger partial charge in [-0.25, -0.2) is 0 Å². The normalized spacial score (nSPS) is 34.6. The number of nitrogens with one attached hydrogen (secondary N) is 2. The molecule has 1 aliphatic carbocycles. The summed E-state index contributed by atoms with van der Waals surface area (Å²) in [5.74, 6) is 0.876. The molecule has 1 saturated carbocycles. The Hall–Kier alpha value is -0.650. The molecule has 2 atom stereocenters. The third kappa shape index (κ3) is 3.25. The SMILES string of the molecule is CN1CCN(CCNC(=O)[C@@]23CCCC[C@H]2CNC3)CC1. The molecule has 2 heterocycles. The molecule has 0 unspecified atom stereocenters. The predicted octanol–water partition coefficient (Wildman–Crippen LogP) is 0.130. The molecule has 2 saturated heterocycles. The number of fused-ring (bicyclic) bond motifs is 1. The Morgan fingerprint density at radius 2 is 2.10 bits per heavy atom. The van der Waals surface area contributed by atoms with Crippen molar-refractivity contribution in [2.45, 2.75) is 25.7 Å². The van der Waals surface area contributed by atoms with Gasteiger partial charge in [0, 0.05) is 45.8 Å². The van der Waals surface area contributed by atoms with Crippen LogP contribution in [-0.4, -0.2) is 75.1 Å². The molecule has 5 nitrogen and oxygen atoms in total. The maximum Gasteiger partial charge on any atom is 0.227 e. The van der Waals surface area contributed by atoms with E-state index < -0.39 is 0 Å². The maximum absolute atomic E-state index is 12.7. The van der Waals surface area contributed by atoms with Crippen molar-refractivity contribution in [3.63, 3.8) is 0 Å². The van der Waals surface area contributed by atoms with Gasteiger partial charge in [-0.1, -0.05) is 12.8 Å². The minimum atomic E-state index is -0.0969. The Morgan fingerprint density at radius 3 is 2.90 bits per heavy atom. The molecule has 120 valence electrons.